The number of hydrogen-bond acceptors (Lipinski definition) is 3. The molecule has 0 aliphatic carbocycles. The van der Waals surface area contributed by atoms with Gasteiger partial charge >= 0.3 is 6.03 Å². The van der Waals surface area contributed by atoms with E-state index in [0.717, 1.165) is 23.9 Å². The topological polar surface area (TPSA) is 87.3 Å². The van der Waals surface area contributed by atoms with Gasteiger partial charge in [0.2, 0.25) is 10.0 Å². The van der Waals surface area contributed by atoms with Crippen molar-refractivity contribution in [2.45, 2.75) is 26.2 Å². The minimum Gasteiger partial charge on any atom is -0.308 e. The largest absolute Gasteiger partial charge is 0.323 e. The van der Waals surface area contributed by atoms with Crippen LogP contribution in [0.2, 0.25) is 0 Å². The van der Waals surface area contributed by atoms with Crippen LogP contribution in [0.1, 0.15) is 31.7 Å². The molecule has 0 saturated heterocycles. The van der Waals surface area contributed by atoms with E-state index in [9.17, 15) is 13.2 Å². The molecule has 0 heterocycles. The molecule has 6 nitrogen and oxygen atoms in total. The van der Waals surface area contributed by atoms with Gasteiger partial charge in [-0.15, -0.1) is 0 Å². The standard InChI is InChI=1S/C18H23N3O3S/c1-4-13(2)16-7-5-6-8-17(16)20-18(22)19-14-9-11-15(12-10-14)21-25(3,23)24/h5-13,21H,4H2,1-3H3,(H2,19,20,22). The van der Waals surface area contributed by atoms with E-state index in [1.807, 2.05) is 24.3 Å². The second-order valence-corrected chi connectivity index (χ2v) is 7.68. The third-order valence-corrected chi connectivity index (χ3v) is 4.40. The molecule has 1 atom stereocenters. The van der Waals surface area contributed by atoms with Crippen LogP contribution in [0.4, 0.5) is 21.9 Å². The zero-order valence-corrected chi connectivity index (χ0v) is 15.4. The number of urea groups is 1. The summed E-state index contributed by atoms with van der Waals surface area (Å²) < 4.78 is 24.7. The van der Waals surface area contributed by atoms with Gasteiger partial charge in [-0.05, 0) is 48.2 Å². The maximum absolute atomic E-state index is 12.2. The molecule has 0 aromatic heterocycles. The Morgan fingerprint density at radius 1 is 1.00 bits per heavy atom. The van der Waals surface area contributed by atoms with E-state index in [-0.39, 0.29) is 6.03 Å². The molecule has 25 heavy (non-hydrogen) atoms. The highest BCUT2D eigenvalue weighted by Crippen LogP contribution is 2.26. The predicted molar refractivity (Wildman–Crippen MR) is 103 cm³/mol. The fourth-order valence-corrected chi connectivity index (χ4v) is 2.95. The number of sulfonamides is 1. The van der Waals surface area contributed by atoms with Gasteiger partial charge in [0.05, 0.1) is 6.26 Å². The lowest BCUT2D eigenvalue weighted by Gasteiger charge is -2.16. The van der Waals surface area contributed by atoms with Gasteiger partial charge in [0.25, 0.3) is 0 Å². The minimum atomic E-state index is -3.32. The van der Waals surface area contributed by atoms with Crippen molar-refractivity contribution in [1.29, 1.82) is 0 Å². The Morgan fingerprint density at radius 3 is 2.20 bits per heavy atom. The first-order chi connectivity index (χ1) is 11.8. The lowest BCUT2D eigenvalue weighted by molar-refractivity contribution is 0.262. The van der Waals surface area contributed by atoms with Crippen LogP contribution in [0, 0.1) is 0 Å². The molecule has 2 rings (SSSR count). The summed E-state index contributed by atoms with van der Waals surface area (Å²) in [6, 6.07) is 13.8. The van der Waals surface area contributed by atoms with Crippen LogP contribution in [0.25, 0.3) is 0 Å². The molecule has 0 spiro atoms. The molecule has 3 N–H and O–H groups in total. The number of amides is 2. The average molecular weight is 361 g/mol. The Bertz CT molecular complexity index is 833. The highest BCUT2D eigenvalue weighted by molar-refractivity contribution is 7.92. The van der Waals surface area contributed by atoms with Crippen LogP contribution in [0.5, 0.6) is 0 Å². The zero-order chi connectivity index (χ0) is 18.4. The van der Waals surface area contributed by atoms with Crippen LogP contribution >= 0.6 is 0 Å². The molecule has 1 unspecified atom stereocenters. The van der Waals surface area contributed by atoms with E-state index in [0.29, 0.717) is 17.3 Å². The number of benzene rings is 2. The van der Waals surface area contributed by atoms with Crippen molar-refractivity contribution in [3.63, 3.8) is 0 Å². The maximum atomic E-state index is 12.2. The third-order valence-electron chi connectivity index (χ3n) is 3.80. The summed E-state index contributed by atoms with van der Waals surface area (Å²) in [7, 11) is -3.32. The van der Waals surface area contributed by atoms with E-state index in [2.05, 4.69) is 29.2 Å². The van der Waals surface area contributed by atoms with Gasteiger partial charge in [0, 0.05) is 17.1 Å². The Labute approximate surface area is 148 Å². The van der Waals surface area contributed by atoms with Crippen LogP contribution < -0.4 is 15.4 Å². The number of carbonyl (C=O) groups is 1. The van der Waals surface area contributed by atoms with Crippen molar-refractivity contribution in [2.75, 3.05) is 21.6 Å². The second-order valence-electron chi connectivity index (χ2n) is 5.93. The highest BCUT2D eigenvalue weighted by atomic mass is 32.2. The molecule has 0 fully saturated rings. The van der Waals surface area contributed by atoms with Crippen molar-refractivity contribution < 1.29 is 13.2 Å². The molecule has 0 saturated carbocycles. The molecule has 7 heteroatoms. The highest BCUT2D eigenvalue weighted by Gasteiger charge is 2.11. The summed E-state index contributed by atoms with van der Waals surface area (Å²) in [5, 5.41) is 5.60. The predicted octanol–water partition coefficient (Wildman–Crippen LogP) is 4.22. The smallest absolute Gasteiger partial charge is 0.308 e. The van der Waals surface area contributed by atoms with Crippen molar-refractivity contribution in [3.8, 4) is 0 Å². The number of nitrogens with one attached hydrogen (secondary N) is 3. The summed E-state index contributed by atoms with van der Waals surface area (Å²) >= 11 is 0. The van der Waals surface area contributed by atoms with E-state index >= 15 is 0 Å². The third kappa shape index (κ3) is 5.79. The van der Waals surface area contributed by atoms with Gasteiger partial charge < -0.3 is 10.6 Å². The summed E-state index contributed by atoms with van der Waals surface area (Å²) in [6.07, 6.45) is 2.07. The average Bonchev–Trinajstić information content (AvgIpc) is 2.55. The molecular weight excluding hydrogens is 338 g/mol. The molecule has 2 amide bonds. The Hall–Kier alpha value is -2.54. The van der Waals surface area contributed by atoms with Gasteiger partial charge in [-0.3, -0.25) is 4.72 Å². The van der Waals surface area contributed by atoms with Crippen LogP contribution in [0.3, 0.4) is 0 Å². The van der Waals surface area contributed by atoms with Crippen LogP contribution in [-0.2, 0) is 10.0 Å². The van der Waals surface area contributed by atoms with Crippen molar-refractivity contribution in [2.24, 2.45) is 0 Å². The quantitative estimate of drug-likeness (QED) is 0.720. The molecule has 2 aromatic rings. The number of hydrogen-bond donors (Lipinski definition) is 3. The van der Waals surface area contributed by atoms with Crippen molar-refractivity contribution in [3.05, 3.63) is 54.1 Å². The van der Waals surface area contributed by atoms with E-state index in [1.54, 1.807) is 24.3 Å². The lowest BCUT2D eigenvalue weighted by Crippen LogP contribution is -2.20. The number of para-hydroxylation sites is 1. The zero-order valence-electron chi connectivity index (χ0n) is 14.5. The Kier molecular flexibility index (Phi) is 6.03. The number of rotatable bonds is 6. The molecule has 2 aromatic carbocycles. The molecule has 0 bridgehead atoms. The Morgan fingerprint density at radius 2 is 1.60 bits per heavy atom. The molecule has 0 aliphatic heterocycles. The van der Waals surface area contributed by atoms with Crippen molar-refractivity contribution >= 4 is 33.1 Å². The van der Waals surface area contributed by atoms with Gasteiger partial charge in [0.1, 0.15) is 0 Å². The molecular formula is C18H23N3O3S. The fourth-order valence-electron chi connectivity index (χ4n) is 2.38. The molecule has 0 radical (unpaired) electrons. The first-order valence-electron chi connectivity index (χ1n) is 8.03. The van der Waals surface area contributed by atoms with Crippen LogP contribution in [0.15, 0.2) is 48.5 Å². The lowest BCUT2D eigenvalue weighted by atomic mass is 9.97. The van der Waals surface area contributed by atoms with Gasteiger partial charge in [0.15, 0.2) is 0 Å². The normalized spacial score (nSPS) is 12.3. The second kappa shape index (κ2) is 8.02. The molecule has 0 aliphatic rings. The van der Waals surface area contributed by atoms with Crippen molar-refractivity contribution in [1.82, 2.24) is 0 Å². The number of carbonyl (C=O) groups excluding carboxylic acids is 1. The van der Waals surface area contributed by atoms with Crippen LogP contribution in [-0.4, -0.2) is 20.7 Å². The van der Waals surface area contributed by atoms with E-state index in [1.165, 1.54) is 0 Å². The maximum Gasteiger partial charge on any atom is 0.323 e. The SMILES string of the molecule is CCC(C)c1ccccc1NC(=O)Nc1ccc(NS(C)(=O)=O)cc1. The van der Waals surface area contributed by atoms with Gasteiger partial charge in [-0.2, -0.15) is 0 Å². The summed E-state index contributed by atoms with van der Waals surface area (Å²) in [5.41, 5.74) is 2.88. The van der Waals surface area contributed by atoms with Gasteiger partial charge in [-0.1, -0.05) is 32.0 Å². The van der Waals surface area contributed by atoms with E-state index in [4.69, 9.17) is 0 Å². The first-order valence-corrected chi connectivity index (χ1v) is 9.92. The molecule has 134 valence electrons. The monoisotopic (exact) mass is 361 g/mol. The summed E-state index contributed by atoms with van der Waals surface area (Å²) in [4.78, 5) is 12.2. The Balaban J connectivity index is 2.04. The van der Waals surface area contributed by atoms with Gasteiger partial charge in [-0.25, -0.2) is 13.2 Å². The fraction of sp³-hybridized carbons (Fsp3) is 0.278. The first kappa shape index (κ1) is 18.8. The van der Waals surface area contributed by atoms with E-state index < -0.39 is 10.0 Å². The summed E-state index contributed by atoms with van der Waals surface area (Å²) in [5.74, 6) is 0.345. The summed E-state index contributed by atoms with van der Waals surface area (Å²) in [6.45, 7) is 4.22. The number of anilines is 3. The minimum absolute atomic E-state index is 0.345.